The minimum absolute atomic E-state index is 0.414. The standard InChI is InChI=1S/C16H26N2/c1-12(2)16(18(4)14-10-11-14)15(17-3)13-8-6-5-7-9-13/h5-9,12,14-17H,10-11H2,1-4H3. The number of nitrogens with one attached hydrogen (secondary N) is 1. The SMILES string of the molecule is CNC(c1ccccc1)C(C(C)C)N(C)C1CC1. The highest BCUT2D eigenvalue weighted by Crippen LogP contribution is 2.34. The number of benzene rings is 1. The lowest BCUT2D eigenvalue weighted by molar-refractivity contribution is 0.142. The zero-order valence-corrected chi connectivity index (χ0v) is 12.1. The van der Waals surface area contributed by atoms with Crippen LogP contribution < -0.4 is 5.32 Å². The molecule has 0 amide bonds. The first kappa shape index (κ1) is 13.6. The van der Waals surface area contributed by atoms with Crippen LogP contribution in [0.4, 0.5) is 0 Å². The van der Waals surface area contributed by atoms with E-state index in [4.69, 9.17) is 0 Å². The van der Waals surface area contributed by atoms with E-state index in [1.54, 1.807) is 0 Å². The van der Waals surface area contributed by atoms with Crippen molar-refractivity contribution < 1.29 is 0 Å². The van der Waals surface area contributed by atoms with Gasteiger partial charge in [-0.15, -0.1) is 0 Å². The number of hydrogen-bond acceptors (Lipinski definition) is 2. The van der Waals surface area contributed by atoms with Crippen LogP contribution in [-0.4, -0.2) is 31.1 Å². The Morgan fingerprint density at radius 3 is 2.22 bits per heavy atom. The molecule has 0 aromatic heterocycles. The minimum Gasteiger partial charge on any atom is -0.312 e. The molecule has 0 saturated heterocycles. The average Bonchev–Trinajstić information content (AvgIpc) is 3.19. The van der Waals surface area contributed by atoms with Gasteiger partial charge >= 0.3 is 0 Å². The second-order valence-corrected chi connectivity index (χ2v) is 5.81. The second kappa shape index (κ2) is 5.85. The smallest absolute Gasteiger partial charge is 0.0478 e. The van der Waals surface area contributed by atoms with E-state index in [0.29, 0.717) is 18.0 Å². The maximum absolute atomic E-state index is 3.52. The lowest BCUT2D eigenvalue weighted by Crippen LogP contribution is -2.46. The van der Waals surface area contributed by atoms with E-state index in [1.165, 1.54) is 18.4 Å². The van der Waals surface area contributed by atoms with E-state index in [9.17, 15) is 0 Å². The molecule has 100 valence electrons. The molecule has 1 saturated carbocycles. The van der Waals surface area contributed by atoms with E-state index >= 15 is 0 Å². The lowest BCUT2D eigenvalue weighted by Gasteiger charge is -2.38. The summed E-state index contributed by atoms with van der Waals surface area (Å²) in [5.41, 5.74) is 1.39. The normalized spacial score (nSPS) is 19.2. The van der Waals surface area contributed by atoms with E-state index in [2.05, 4.69) is 68.5 Å². The van der Waals surface area contributed by atoms with E-state index in [-0.39, 0.29) is 0 Å². The number of nitrogens with zero attached hydrogens (tertiary/aromatic N) is 1. The molecule has 1 aliphatic rings. The fourth-order valence-corrected chi connectivity index (χ4v) is 3.01. The molecule has 1 aromatic carbocycles. The van der Waals surface area contributed by atoms with Crippen molar-refractivity contribution in [3.05, 3.63) is 35.9 Å². The average molecular weight is 246 g/mol. The highest BCUT2D eigenvalue weighted by atomic mass is 15.2. The Kier molecular flexibility index (Phi) is 4.41. The van der Waals surface area contributed by atoms with Gasteiger partial charge in [-0.1, -0.05) is 44.2 Å². The maximum Gasteiger partial charge on any atom is 0.0478 e. The van der Waals surface area contributed by atoms with Gasteiger partial charge in [-0.05, 0) is 38.4 Å². The van der Waals surface area contributed by atoms with Crippen LogP contribution in [0.15, 0.2) is 30.3 Å². The van der Waals surface area contributed by atoms with Crippen molar-refractivity contribution >= 4 is 0 Å². The first-order chi connectivity index (χ1) is 8.65. The fraction of sp³-hybridized carbons (Fsp3) is 0.625. The van der Waals surface area contributed by atoms with Crippen molar-refractivity contribution in [2.24, 2.45) is 5.92 Å². The summed E-state index contributed by atoms with van der Waals surface area (Å²) in [4.78, 5) is 2.58. The first-order valence-corrected chi connectivity index (χ1v) is 7.09. The molecule has 2 atom stereocenters. The molecular formula is C16H26N2. The molecule has 0 bridgehead atoms. The topological polar surface area (TPSA) is 15.3 Å². The van der Waals surface area contributed by atoms with Gasteiger partial charge in [0.25, 0.3) is 0 Å². The van der Waals surface area contributed by atoms with Crippen molar-refractivity contribution in [1.29, 1.82) is 0 Å². The first-order valence-electron chi connectivity index (χ1n) is 7.09. The molecule has 2 rings (SSSR count). The van der Waals surface area contributed by atoms with Crippen LogP contribution in [0, 0.1) is 5.92 Å². The van der Waals surface area contributed by atoms with Crippen LogP contribution >= 0.6 is 0 Å². The van der Waals surface area contributed by atoms with Crippen molar-refractivity contribution in [1.82, 2.24) is 10.2 Å². The summed E-state index contributed by atoms with van der Waals surface area (Å²) in [7, 11) is 4.36. The quantitative estimate of drug-likeness (QED) is 0.830. The lowest BCUT2D eigenvalue weighted by atomic mass is 9.90. The molecule has 1 N–H and O–H groups in total. The summed E-state index contributed by atoms with van der Waals surface area (Å²) < 4.78 is 0. The van der Waals surface area contributed by atoms with Crippen molar-refractivity contribution in [3.8, 4) is 0 Å². The van der Waals surface area contributed by atoms with E-state index in [0.717, 1.165) is 6.04 Å². The van der Waals surface area contributed by atoms with Crippen LogP contribution in [0.3, 0.4) is 0 Å². The zero-order chi connectivity index (χ0) is 13.1. The van der Waals surface area contributed by atoms with Gasteiger partial charge < -0.3 is 5.32 Å². The maximum atomic E-state index is 3.52. The van der Waals surface area contributed by atoms with Crippen LogP contribution in [0.5, 0.6) is 0 Å². The molecule has 1 aromatic rings. The Bertz CT molecular complexity index is 357. The molecule has 0 aliphatic heterocycles. The fourth-order valence-electron chi connectivity index (χ4n) is 3.01. The Morgan fingerprint density at radius 1 is 1.17 bits per heavy atom. The predicted octanol–water partition coefficient (Wildman–Crippen LogP) is 3.07. The molecule has 0 heterocycles. The zero-order valence-electron chi connectivity index (χ0n) is 12.1. The summed E-state index contributed by atoms with van der Waals surface area (Å²) >= 11 is 0. The van der Waals surface area contributed by atoms with Crippen molar-refractivity contribution in [2.75, 3.05) is 14.1 Å². The van der Waals surface area contributed by atoms with Gasteiger partial charge in [-0.3, -0.25) is 4.90 Å². The third-order valence-corrected chi connectivity index (χ3v) is 4.09. The molecule has 0 radical (unpaired) electrons. The third kappa shape index (κ3) is 2.93. The second-order valence-electron chi connectivity index (χ2n) is 5.81. The highest BCUT2D eigenvalue weighted by molar-refractivity contribution is 5.21. The summed E-state index contributed by atoms with van der Waals surface area (Å²) in [5, 5.41) is 3.52. The van der Waals surface area contributed by atoms with Crippen LogP contribution in [0.1, 0.15) is 38.3 Å². The Hall–Kier alpha value is -0.860. The molecule has 0 spiro atoms. The molecule has 2 nitrogen and oxygen atoms in total. The van der Waals surface area contributed by atoms with E-state index < -0.39 is 0 Å². The molecular weight excluding hydrogens is 220 g/mol. The van der Waals surface area contributed by atoms with Crippen molar-refractivity contribution in [3.63, 3.8) is 0 Å². The highest BCUT2D eigenvalue weighted by Gasteiger charge is 2.36. The molecule has 2 unspecified atom stereocenters. The minimum atomic E-state index is 0.414. The number of likely N-dealkylation sites (N-methyl/N-ethyl adjacent to an activating group) is 2. The monoisotopic (exact) mass is 246 g/mol. The van der Waals surface area contributed by atoms with E-state index in [1.807, 2.05) is 0 Å². The molecule has 2 heteroatoms. The Balaban J connectivity index is 2.21. The summed E-state index contributed by atoms with van der Waals surface area (Å²) in [5.74, 6) is 0.647. The predicted molar refractivity (Wildman–Crippen MR) is 77.7 cm³/mol. The van der Waals surface area contributed by atoms with Crippen LogP contribution in [0.25, 0.3) is 0 Å². The number of hydrogen-bond donors (Lipinski definition) is 1. The molecule has 1 aliphatic carbocycles. The van der Waals surface area contributed by atoms with Crippen LogP contribution in [-0.2, 0) is 0 Å². The Morgan fingerprint density at radius 2 is 1.78 bits per heavy atom. The van der Waals surface area contributed by atoms with Gasteiger partial charge in [0.15, 0.2) is 0 Å². The van der Waals surface area contributed by atoms with Gasteiger partial charge in [0.05, 0.1) is 0 Å². The van der Waals surface area contributed by atoms with Gasteiger partial charge in [0, 0.05) is 18.1 Å². The summed E-state index contributed by atoms with van der Waals surface area (Å²) in [6, 6.07) is 12.6. The third-order valence-electron chi connectivity index (χ3n) is 4.09. The van der Waals surface area contributed by atoms with Gasteiger partial charge in [0.2, 0.25) is 0 Å². The summed E-state index contributed by atoms with van der Waals surface area (Å²) in [6.45, 7) is 4.66. The molecule has 1 fully saturated rings. The number of rotatable bonds is 6. The van der Waals surface area contributed by atoms with Gasteiger partial charge in [-0.2, -0.15) is 0 Å². The van der Waals surface area contributed by atoms with Gasteiger partial charge in [0.1, 0.15) is 0 Å². The summed E-state index contributed by atoms with van der Waals surface area (Å²) in [6.07, 6.45) is 2.73. The molecule has 18 heavy (non-hydrogen) atoms. The van der Waals surface area contributed by atoms with Gasteiger partial charge in [-0.25, -0.2) is 0 Å². The van der Waals surface area contributed by atoms with Crippen molar-refractivity contribution in [2.45, 2.75) is 44.8 Å². The largest absolute Gasteiger partial charge is 0.312 e. The van der Waals surface area contributed by atoms with Crippen LogP contribution in [0.2, 0.25) is 0 Å². The Labute approximate surface area is 111 Å².